The minimum absolute atomic E-state index is 0.173. The van der Waals surface area contributed by atoms with Crippen LogP contribution in [0.3, 0.4) is 0 Å². The van der Waals surface area contributed by atoms with Gasteiger partial charge in [0.1, 0.15) is 5.82 Å². The number of hydrogen-bond acceptors (Lipinski definition) is 5. The van der Waals surface area contributed by atoms with Gasteiger partial charge in [-0.2, -0.15) is 18.3 Å². The van der Waals surface area contributed by atoms with E-state index in [1.807, 2.05) is 26.9 Å². The summed E-state index contributed by atoms with van der Waals surface area (Å²) in [6.45, 7) is 9.78. The number of nitrogens with one attached hydrogen (secondary N) is 1. The number of halogens is 3. The van der Waals surface area contributed by atoms with Gasteiger partial charge in [-0.25, -0.2) is 4.98 Å². The van der Waals surface area contributed by atoms with Crippen LogP contribution in [-0.2, 0) is 24.1 Å². The maximum atomic E-state index is 13.8. The molecule has 2 aromatic rings. The van der Waals surface area contributed by atoms with Gasteiger partial charge in [-0.3, -0.25) is 9.48 Å². The lowest BCUT2D eigenvalue weighted by molar-refractivity contribution is -0.145. The van der Waals surface area contributed by atoms with Crippen LogP contribution in [0.25, 0.3) is 0 Å². The predicted octanol–water partition coefficient (Wildman–Crippen LogP) is 3.95. The van der Waals surface area contributed by atoms with Crippen molar-refractivity contribution in [2.45, 2.75) is 65.3 Å². The average molecular weight is 493 g/mol. The summed E-state index contributed by atoms with van der Waals surface area (Å²) in [6.07, 6.45) is 3.29. The number of aryl methyl sites for hydroxylation is 1. The minimum Gasteiger partial charge on any atom is -0.353 e. The van der Waals surface area contributed by atoms with Crippen molar-refractivity contribution in [2.24, 2.45) is 11.3 Å². The van der Waals surface area contributed by atoms with E-state index in [1.54, 1.807) is 0 Å². The average Bonchev–Trinajstić information content (AvgIpc) is 3.50. The molecular weight excluding hydrogens is 457 g/mol. The van der Waals surface area contributed by atoms with Crippen molar-refractivity contribution in [3.05, 3.63) is 41.9 Å². The van der Waals surface area contributed by atoms with E-state index in [1.165, 1.54) is 6.20 Å². The molecule has 1 saturated carbocycles. The second kappa shape index (κ2) is 10.2. The van der Waals surface area contributed by atoms with Crippen LogP contribution in [0.4, 0.5) is 19.0 Å². The van der Waals surface area contributed by atoms with Crippen molar-refractivity contribution in [2.75, 3.05) is 31.1 Å². The third kappa shape index (κ3) is 5.47. The van der Waals surface area contributed by atoms with E-state index >= 15 is 0 Å². The Bertz CT molecular complexity index is 1010. The molecule has 1 N–H and O–H groups in total. The number of nitrogens with zero attached hydrogens (tertiary/aromatic N) is 5. The lowest BCUT2D eigenvalue weighted by Gasteiger charge is -2.42. The van der Waals surface area contributed by atoms with Gasteiger partial charge < -0.3 is 15.1 Å². The first-order valence-corrected chi connectivity index (χ1v) is 12.4. The molecule has 192 valence electrons. The first kappa shape index (κ1) is 25.5. The van der Waals surface area contributed by atoms with Crippen LogP contribution in [0.5, 0.6) is 0 Å². The Hall–Kier alpha value is -2.62. The summed E-state index contributed by atoms with van der Waals surface area (Å²) in [7, 11) is 0. The zero-order valence-electron chi connectivity index (χ0n) is 20.7. The highest BCUT2D eigenvalue weighted by Gasteiger charge is 2.49. The molecule has 1 saturated heterocycles. The smallest absolute Gasteiger partial charge is 0.353 e. The van der Waals surface area contributed by atoms with Crippen molar-refractivity contribution in [3.8, 4) is 0 Å². The number of amides is 1. The molecule has 0 bridgehead atoms. The summed E-state index contributed by atoms with van der Waals surface area (Å²) in [6, 6.07) is 2.34. The normalized spacial score (nSPS) is 23.3. The molecule has 0 radical (unpaired) electrons. The summed E-state index contributed by atoms with van der Waals surface area (Å²) < 4.78 is 41.2. The molecule has 2 fully saturated rings. The molecule has 1 aliphatic heterocycles. The Labute approximate surface area is 204 Å². The van der Waals surface area contributed by atoms with Crippen LogP contribution in [0, 0.1) is 11.3 Å². The van der Waals surface area contributed by atoms with Crippen molar-refractivity contribution >= 4 is 11.7 Å². The van der Waals surface area contributed by atoms with E-state index < -0.39 is 17.2 Å². The lowest BCUT2D eigenvalue weighted by atomic mass is 9.74. The molecular formula is C25H35F3N6O. The minimum atomic E-state index is -4.40. The molecule has 7 nitrogen and oxygen atoms in total. The number of carbonyl (C=O) groups excluding carboxylic acids is 1. The van der Waals surface area contributed by atoms with Crippen LogP contribution in [-0.4, -0.2) is 57.8 Å². The maximum absolute atomic E-state index is 13.8. The topological polar surface area (TPSA) is 66.3 Å². The van der Waals surface area contributed by atoms with Crippen molar-refractivity contribution < 1.29 is 18.0 Å². The Morgan fingerprint density at radius 2 is 2.00 bits per heavy atom. The van der Waals surface area contributed by atoms with Crippen molar-refractivity contribution in [1.82, 2.24) is 25.0 Å². The van der Waals surface area contributed by atoms with Crippen LogP contribution in [0.2, 0.25) is 0 Å². The fraction of sp³-hybridized carbons (Fsp3) is 0.640. The van der Waals surface area contributed by atoms with Crippen molar-refractivity contribution in [1.29, 1.82) is 0 Å². The van der Waals surface area contributed by atoms with E-state index in [0.29, 0.717) is 32.0 Å². The van der Waals surface area contributed by atoms with Gasteiger partial charge in [0.25, 0.3) is 0 Å². The highest BCUT2D eigenvalue weighted by atomic mass is 19.4. The SMILES string of the molecule is CCn1cc(CN[C@@H]2CC[C@@](C(=O)N3CCN(c4cc(C(F)(F)F)ccn4)CC3)(C(C)C)C2)cn1. The molecule has 0 spiro atoms. The molecule has 10 heteroatoms. The van der Waals surface area contributed by atoms with Crippen LogP contribution < -0.4 is 10.2 Å². The highest BCUT2D eigenvalue weighted by molar-refractivity contribution is 5.84. The van der Waals surface area contributed by atoms with Gasteiger partial charge in [-0.05, 0) is 44.2 Å². The van der Waals surface area contributed by atoms with E-state index in [9.17, 15) is 18.0 Å². The van der Waals surface area contributed by atoms with Gasteiger partial charge >= 0.3 is 6.18 Å². The quantitative estimate of drug-likeness (QED) is 0.634. The van der Waals surface area contributed by atoms with Crippen LogP contribution in [0.15, 0.2) is 30.7 Å². The van der Waals surface area contributed by atoms with Gasteiger partial charge in [-0.15, -0.1) is 0 Å². The van der Waals surface area contributed by atoms with Gasteiger partial charge in [0.2, 0.25) is 5.91 Å². The first-order chi connectivity index (χ1) is 16.6. The number of anilines is 1. The monoisotopic (exact) mass is 492 g/mol. The van der Waals surface area contributed by atoms with E-state index in [0.717, 1.165) is 50.0 Å². The predicted molar refractivity (Wildman–Crippen MR) is 128 cm³/mol. The van der Waals surface area contributed by atoms with E-state index in [4.69, 9.17) is 0 Å². The first-order valence-electron chi connectivity index (χ1n) is 12.4. The number of alkyl halides is 3. The van der Waals surface area contributed by atoms with Gasteiger partial charge in [-0.1, -0.05) is 13.8 Å². The number of aromatic nitrogens is 3. The molecule has 0 unspecified atom stereocenters. The molecule has 3 heterocycles. The van der Waals surface area contributed by atoms with Gasteiger partial charge in [0, 0.05) is 63.3 Å². The Kier molecular flexibility index (Phi) is 7.40. The highest BCUT2D eigenvalue weighted by Crippen LogP contribution is 2.46. The molecule has 1 amide bonds. The summed E-state index contributed by atoms with van der Waals surface area (Å²) in [4.78, 5) is 21.6. The number of piperazine rings is 1. The lowest BCUT2D eigenvalue weighted by Crippen LogP contribution is -2.54. The van der Waals surface area contributed by atoms with E-state index in [-0.39, 0.29) is 17.9 Å². The number of rotatable bonds is 7. The molecule has 0 aromatic carbocycles. The fourth-order valence-corrected chi connectivity index (χ4v) is 5.37. The standard InChI is InChI=1S/C25H35F3N6O/c1-4-34-17-19(16-31-34)15-30-21-5-7-24(14-21,18(2)3)23(35)33-11-9-32(10-12-33)22-13-20(6-8-29-22)25(26,27)28/h6,8,13,16-18,21,30H,4-5,7,9-12,14-15H2,1-3H3/t21-,24+/m1/s1. The summed E-state index contributed by atoms with van der Waals surface area (Å²) in [5, 5.41) is 7.94. The second-order valence-electron chi connectivity index (χ2n) is 10.0. The summed E-state index contributed by atoms with van der Waals surface area (Å²) in [5.41, 5.74) is 0.0212. The fourth-order valence-electron chi connectivity index (χ4n) is 5.37. The molecule has 2 aromatic heterocycles. The Morgan fingerprint density at radius 3 is 2.63 bits per heavy atom. The Balaban J connectivity index is 1.36. The van der Waals surface area contributed by atoms with Crippen molar-refractivity contribution in [3.63, 3.8) is 0 Å². The number of carbonyl (C=O) groups is 1. The largest absolute Gasteiger partial charge is 0.416 e. The number of hydrogen-bond donors (Lipinski definition) is 1. The maximum Gasteiger partial charge on any atom is 0.416 e. The molecule has 2 atom stereocenters. The third-order valence-electron chi connectivity index (χ3n) is 7.65. The van der Waals surface area contributed by atoms with Crippen LogP contribution >= 0.6 is 0 Å². The molecule has 1 aliphatic carbocycles. The van der Waals surface area contributed by atoms with Gasteiger partial charge in [0.15, 0.2) is 0 Å². The third-order valence-corrected chi connectivity index (χ3v) is 7.65. The van der Waals surface area contributed by atoms with E-state index in [2.05, 4.69) is 36.2 Å². The number of pyridine rings is 1. The molecule has 35 heavy (non-hydrogen) atoms. The zero-order valence-corrected chi connectivity index (χ0v) is 20.7. The second-order valence-corrected chi connectivity index (χ2v) is 10.0. The zero-order chi connectivity index (χ0) is 25.2. The Morgan fingerprint density at radius 1 is 1.26 bits per heavy atom. The molecule has 4 rings (SSSR count). The summed E-state index contributed by atoms with van der Waals surface area (Å²) in [5.74, 6) is 0.682. The molecule has 2 aliphatic rings. The van der Waals surface area contributed by atoms with Crippen LogP contribution in [0.1, 0.15) is 51.2 Å². The van der Waals surface area contributed by atoms with Gasteiger partial charge in [0.05, 0.1) is 17.2 Å². The summed E-state index contributed by atoms with van der Waals surface area (Å²) >= 11 is 0.